The molecule has 3 nitrogen and oxygen atoms in total. The second kappa shape index (κ2) is 7.49. The van der Waals surface area contributed by atoms with Crippen LogP contribution in [0.2, 0.25) is 0 Å². The van der Waals surface area contributed by atoms with E-state index >= 15 is 0 Å². The second-order valence-corrected chi connectivity index (χ2v) is 5.75. The Morgan fingerprint density at radius 2 is 1.79 bits per heavy atom. The first-order chi connectivity index (χ1) is 8.99. The molecule has 0 amide bonds. The van der Waals surface area contributed by atoms with E-state index in [-0.39, 0.29) is 6.04 Å². The fourth-order valence-corrected chi connectivity index (χ4v) is 2.39. The zero-order valence-corrected chi connectivity index (χ0v) is 13.1. The molecule has 3 heteroatoms. The van der Waals surface area contributed by atoms with Crippen molar-refractivity contribution in [2.45, 2.75) is 59.5 Å². The number of hydrogen-bond acceptors (Lipinski definition) is 3. The van der Waals surface area contributed by atoms with Gasteiger partial charge >= 0.3 is 0 Å². The van der Waals surface area contributed by atoms with Gasteiger partial charge in [-0.15, -0.1) is 0 Å². The van der Waals surface area contributed by atoms with Gasteiger partial charge in [-0.05, 0) is 37.3 Å². The van der Waals surface area contributed by atoms with Crippen LogP contribution in [0.25, 0.3) is 0 Å². The van der Waals surface area contributed by atoms with Crippen molar-refractivity contribution in [1.29, 1.82) is 0 Å². The predicted octanol–water partition coefficient (Wildman–Crippen LogP) is 3.75. The van der Waals surface area contributed by atoms with Crippen molar-refractivity contribution in [2.24, 2.45) is 11.7 Å². The first-order valence-electron chi connectivity index (χ1n) is 7.47. The second-order valence-electron chi connectivity index (χ2n) is 5.75. The molecule has 0 saturated heterocycles. The van der Waals surface area contributed by atoms with Gasteiger partial charge in [-0.1, -0.05) is 33.8 Å². The average molecular weight is 263 g/mol. The lowest BCUT2D eigenvalue weighted by atomic mass is 10.1. The van der Waals surface area contributed by atoms with Crippen LogP contribution in [-0.4, -0.2) is 17.6 Å². The van der Waals surface area contributed by atoms with E-state index in [4.69, 9.17) is 5.73 Å². The van der Waals surface area contributed by atoms with E-state index in [1.807, 2.05) is 13.1 Å². The van der Waals surface area contributed by atoms with Gasteiger partial charge in [0.2, 0.25) is 0 Å². The number of nitrogens with zero attached hydrogens (tertiary/aromatic N) is 2. The molecular formula is C16H29N3. The first-order valence-corrected chi connectivity index (χ1v) is 7.47. The summed E-state index contributed by atoms with van der Waals surface area (Å²) < 4.78 is 0. The molecule has 1 aromatic heterocycles. The summed E-state index contributed by atoms with van der Waals surface area (Å²) in [5.41, 5.74) is 6.97. The van der Waals surface area contributed by atoms with E-state index in [2.05, 4.69) is 49.7 Å². The SMILES string of the molecule is CCC(CC)N(CC(C)C)c1ccc([C@H](C)N)cn1. The third kappa shape index (κ3) is 4.50. The number of anilines is 1. The number of hydrogen-bond donors (Lipinski definition) is 1. The smallest absolute Gasteiger partial charge is 0.128 e. The molecule has 0 unspecified atom stereocenters. The fraction of sp³-hybridized carbons (Fsp3) is 0.688. The van der Waals surface area contributed by atoms with Gasteiger partial charge in [-0.3, -0.25) is 0 Å². The van der Waals surface area contributed by atoms with E-state index < -0.39 is 0 Å². The van der Waals surface area contributed by atoms with Crippen LogP contribution in [0.3, 0.4) is 0 Å². The Morgan fingerprint density at radius 1 is 1.16 bits per heavy atom. The van der Waals surface area contributed by atoms with Gasteiger partial charge in [0.05, 0.1) is 0 Å². The van der Waals surface area contributed by atoms with Crippen molar-refractivity contribution in [2.75, 3.05) is 11.4 Å². The molecule has 19 heavy (non-hydrogen) atoms. The minimum Gasteiger partial charge on any atom is -0.353 e. The molecule has 0 aromatic carbocycles. The Bertz CT molecular complexity index is 353. The lowest BCUT2D eigenvalue weighted by Gasteiger charge is -2.33. The van der Waals surface area contributed by atoms with Crippen LogP contribution in [0.1, 0.15) is 59.1 Å². The van der Waals surface area contributed by atoms with Gasteiger partial charge in [0.1, 0.15) is 5.82 Å². The minimum atomic E-state index is 0.0493. The third-order valence-corrected chi connectivity index (χ3v) is 3.54. The molecule has 108 valence electrons. The average Bonchev–Trinajstić information content (AvgIpc) is 2.38. The topological polar surface area (TPSA) is 42.1 Å². The molecule has 0 spiro atoms. The molecule has 1 atom stereocenters. The zero-order chi connectivity index (χ0) is 14.4. The summed E-state index contributed by atoms with van der Waals surface area (Å²) in [5, 5.41) is 0. The summed E-state index contributed by atoms with van der Waals surface area (Å²) in [6.07, 6.45) is 4.22. The molecular weight excluding hydrogens is 234 g/mol. The van der Waals surface area contributed by atoms with Crippen LogP contribution in [0.4, 0.5) is 5.82 Å². The van der Waals surface area contributed by atoms with E-state index in [9.17, 15) is 0 Å². The summed E-state index contributed by atoms with van der Waals surface area (Å²) in [7, 11) is 0. The van der Waals surface area contributed by atoms with Crippen molar-refractivity contribution in [1.82, 2.24) is 4.98 Å². The summed E-state index contributed by atoms with van der Waals surface area (Å²) in [6, 6.07) is 4.83. The molecule has 0 saturated carbocycles. The van der Waals surface area contributed by atoms with E-state index in [1.54, 1.807) is 0 Å². The fourth-order valence-electron chi connectivity index (χ4n) is 2.39. The summed E-state index contributed by atoms with van der Waals surface area (Å²) in [6.45, 7) is 12.0. The highest BCUT2D eigenvalue weighted by molar-refractivity contribution is 5.41. The van der Waals surface area contributed by atoms with E-state index in [0.717, 1.165) is 30.8 Å². The highest BCUT2D eigenvalue weighted by atomic mass is 15.2. The highest BCUT2D eigenvalue weighted by Crippen LogP contribution is 2.21. The van der Waals surface area contributed by atoms with Gasteiger partial charge in [0, 0.05) is 24.8 Å². The Morgan fingerprint density at radius 3 is 2.16 bits per heavy atom. The number of rotatable bonds is 7. The van der Waals surface area contributed by atoms with E-state index in [0.29, 0.717) is 12.0 Å². The van der Waals surface area contributed by atoms with Crippen molar-refractivity contribution in [3.63, 3.8) is 0 Å². The van der Waals surface area contributed by atoms with E-state index in [1.165, 1.54) is 0 Å². The number of aromatic nitrogens is 1. The van der Waals surface area contributed by atoms with Crippen LogP contribution < -0.4 is 10.6 Å². The maximum Gasteiger partial charge on any atom is 0.128 e. The third-order valence-electron chi connectivity index (χ3n) is 3.54. The van der Waals surface area contributed by atoms with Crippen LogP contribution in [0, 0.1) is 5.92 Å². The Hall–Kier alpha value is -1.09. The quantitative estimate of drug-likeness (QED) is 0.814. The van der Waals surface area contributed by atoms with Crippen LogP contribution in [0.5, 0.6) is 0 Å². The molecule has 0 aliphatic carbocycles. The van der Waals surface area contributed by atoms with Gasteiger partial charge in [-0.25, -0.2) is 4.98 Å². The molecule has 1 rings (SSSR count). The van der Waals surface area contributed by atoms with Gasteiger partial charge in [0.25, 0.3) is 0 Å². The van der Waals surface area contributed by atoms with Crippen molar-refractivity contribution < 1.29 is 0 Å². The maximum absolute atomic E-state index is 5.88. The predicted molar refractivity (Wildman–Crippen MR) is 83.4 cm³/mol. The molecule has 0 aliphatic heterocycles. The van der Waals surface area contributed by atoms with Crippen LogP contribution >= 0.6 is 0 Å². The van der Waals surface area contributed by atoms with Gasteiger partial charge < -0.3 is 10.6 Å². The van der Waals surface area contributed by atoms with Crippen molar-refractivity contribution in [3.8, 4) is 0 Å². The monoisotopic (exact) mass is 263 g/mol. The molecule has 2 N–H and O–H groups in total. The Labute approximate surface area is 118 Å². The van der Waals surface area contributed by atoms with Gasteiger partial charge in [0.15, 0.2) is 0 Å². The molecule has 0 fully saturated rings. The Balaban J connectivity index is 2.96. The molecule has 1 aromatic rings. The normalized spacial score (nSPS) is 13.1. The molecule has 0 bridgehead atoms. The summed E-state index contributed by atoms with van der Waals surface area (Å²) in [5.74, 6) is 1.71. The van der Waals surface area contributed by atoms with Crippen LogP contribution in [-0.2, 0) is 0 Å². The summed E-state index contributed by atoms with van der Waals surface area (Å²) in [4.78, 5) is 7.06. The molecule has 0 radical (unpaired) electrons. The number of pyridine rings is 1. The number of nitrogens with two attached hydrogens (primary N) is 1. The zero-order valence-electron chi connectivity index (χ0n) is 13.1. The first kappa shape index (κ1) is 16.0. The molecule has 0 aliphatic rings. The minimum absolute atomic E-state index is 0.0493. The summed E-state index contributed by atoms with van der Waals surface area (Å²) >= 11 is 0. The largest absolute Gasteiger partial charge is 0.353 e. The molecule has 1 heterocycles. The van der Waals surface area contributed by atoms with Gasteiger partial charge in [-0.2, -0.15) is 0 Å². The maximum atomic E-state index is 5.88. The lowest BCUT2D eigenvalue weighted by Crippen LogP contribution is -2.38. The Kier molecular flexibility index (Phi) is 6.29. The highest BCUT2D eigenvalue weighted by Gasteiger charge is 2.18. The van der Waals surface area contributed by atoms with Crippen LogP contribution in [0.15, 0.2) is 18.3 Å². The standard InChI is InChI=1S/C16H29N3/c1-6-15(7-2)19(11-12(3)4)16-9-8-14(10-18-16)13(5)17/h8-10,12-13,15H,6-7,11,17H2,1-5H3/t13-/m0/s1. The lowest BCUT2D eigenvalue weighted by molar-refractivity contribution is 0.503. The van der Waals surface area contributed by atoms with Crippen molar-refractivity contribution in [3.05, 3.63) is 23.9 Å². The van der Waals surface area contributed by atoms with Crippen molar-refractivity contribution >= 4 is 5.82 Å².